The number of thiazole rings is 1. The number of phenols is 1. The van der Waals surface area contributed by atoms with Crippen molar-refractivity contribution >= 4 is 44.7 Å². The molecule has 5 rings (SSSR count). The second-order valence-corrected chi connectivity index (χ2v) is 8.05. The fraction of sp³-hybridized carbons (Fsp3) is 0.0400. The van der Waals surface area contributed by atoms with Crippen molar-refractivity contribution in [3.05, 3.63) is 105 Å². The SMILES string of the molecule is O=c1c(/C=C/c2sc3ccccc3[n+]2Cc2ccccc2)coc2c(O)cccc12. The van der Waals surface area contributed by atoms with Crippen LogP contribution in [-0.4, -0.2) is 5.11 Å². The van der Waals surface area contributed by atoms with Gasteiger partial charge in [-0.05, 0) is 24.3 Å². The average molecular weight is 412 g/mol. The second-order valence-electron chi connectivity index (χ2n) is 6.99. The minimum Gasteiger partial charge on any atom is -0.504 e. The number of benzene rings is 3. The van der Waals surface area contributed by atoms with Gasteiger partial charge in [-0.2, -0.15) is 4.57 Å². The molecule has 0 aliphatic carbocycles. The van der Waals surface area contributed by atoms with E-state index >= 15 is 0 Å². The Bertz CT molecular complexity index is 1450. The van der Waals surface area contributed by atoms with Crippen molar-refractivity contribution in [3.63, 3.8) is 0 Å². The third kappa shape index (κ3) is 3.29. The van der Waals surface area contributed by atoms with Crippen molar-refractivity contribution in [2.24, 2.45) is 0 Å². The standard InChI is InChI=1S/C25H17NO3S/c27-21-11-6-9-19-24(28)18(16-29-25(19)21)13-14-23-26(15-17-7-2-1-3-8-17)20-10-4-5-12-22(20)30-23/h1-14,16H,15H2/p+1/b14-13+. The normalized spacial score (nSPS) is 11.6. The fourth-order valence-corrected chi connectivity index (χ4v) is 4.60. The van der Waals surface area contributed by atoms with Crippen molar-refractivity contribution < 1.29 is 14.1 Å². The van der Waals surface area contributed by atoms with Crippen LogP contribution < -0.4 is 10.00 Å². The van der Waals surface area contributed by atoms with Gasteiger partial charge in [0.2, 0.25) is 5.52 Å². The van der Waals surface area contributed by atoms with Crippen LogP contribution in [0.4, 0.5) is 0 Å². The Labute approximate surface area is 176 Å². The van der Waals surface area contributed by atoms with Gasteiger partial charge in [0.25, 0.3) is 5.01 Å². The molecule has 1 N–H and O–H groups in total. The highest BCUT2D eigenvalue weighted by Crippen LogP contribution is 2.24. The zero-order valence-corrected chi connectivity index (χ0v) is 16.8. The summed E-state index contributed by atoms with van der Waals surface area (Å²) in [5.74, 6) is -0.0367. The molecule has 0 aliphatic rings. The lowest BCUT2D eigenvalue weighted by atomic mass is 10.1. The van der Waals surface area contributed by atoms with Crippen LogP contribution in [0.3, 0.4) is 0 Å². The van der Waals surface area contributed by atoms with Gasteiger partial charge in [-0.15, -0.1) is 0 Å². The highest BCUT2D eigenvalue weighted by molar-refractivity contribution is 7.18. The molecule has 5 heteroatoms. The minimum absolute atomic E-state index is 0.0367. The molecule has 0 radical (unpaired) electrons. The molecule has 0 amide bonds. The molecule has 5 aromatic rings. The lowest BCUT2D eigenvalue weighted by molar-refractivity contribution is -0.659. The van der Waals surface area contributed by atoms with Crippen LogP contribution in [0.25, 0.3) is 33.3 Å². The average Bonchev–Trinajstić information content (AvgIpc) is 3.12. The molecule has 2 aromatic heterocycles. The molecule has 0 unspecified atom stereocenters. The zero-order chi connectivity index (χ0) is 20.5. The van der Waals surface area contributed by atoms with Crippen molar-refractivity contribution in [1.82, 2.24) is 0 Å². The van der Waals surface area contributed by atoms with E-state index in [2.05, 4.69) is 28.8 Å². The van der Waals surface area contributed by atoms with Crippen LogP contribution in [0, 0.1) is 0 Å². The Morgan fingerprint density at radius 2 is 1.73 bits per heavy atom. The van der Waals surface area contributed by atoms with E-state index in [0.29, 0.717) is 10.9 Å². The maximum Gasteiger partial charge on any atom is 0.263 e. The molecule has 0 bridgehead atoms. The molecule has 4 nitrogen and oxygen atoms in total. The summed E-state index contributed by atoms with van der Waals surface area (Å²) >= 11 is 1.68. The van der Waals surface area contributed by atoms with Crippen LogP contribution in [-0.2, 0) is 6.54 Å². The van der Waals surface area contributed by atoms with Gasteiger partial charge in [-0.25, -0.2) is 0 Å². The predicted octanol–water partition coefficient (Wildman–Crippen LogP) is 5.22. The number of hydrogen-bond acceptors (Lipinski definition) is 4. The number of nitrogens with zero attached hydrogens (tertiary/aromatic N) is 1. The van der Waals surface area contributed by atoms with Gasteiger partial charge in [-0.3, -0.25) is 4.79 Å². The Morgan fingerprint density at radius 3 is 2.60 bits per heavy atom. The number of phenolic OH excluding ortho intramolecular Hbond substituents is 1. The van der Waals surface area contributed by atoms with Crippen molar-refractivity contribution in [2.75, 3.05) is 0 Å². The van der Waals surface area contributed by atoms with E-state index in [4.69, 9.17) is 4.42 Å². The van der Waals surface area contributed by atoms with Crippen molar-refractivity contribution in [2.45, 2.75) is 6.54 Å². The second kappa shape index (κ2) is 7.61. The minimum atomic E-state index is -0.167. The topological polar surface area (TPSA) is 54.3 Å². The van der Waals surface area contributed by atoms with Crippen molar-refractivity contribution in [3.8, 4) is 5.75 Å². The number of aromatic nitrogens is 1. The van der Waals surface area contributed by atoms with Crippen LogP contribution in [0.1, 0.15) is 16.1 Å². The molecule has 0 saturated carbocycles. The molecule has 2 heterocycles. The summed E-state index contributed by atoms with van der Waals surface area (Å²) in [7, 11) is 0. The molecular weight excluding hydrogens is 394 g/mol. The summed E-state index contributed by atoms with van der Waals surface area (Å²) in [5.41, 5.74) is 2.85. The van der Waals surface area contributed by atoms with Gasteiger partial charge < -0.3 is 9.52 Å². The third-order valence-electron chi connectivity index (χ3n) is 5.03. The monoisotopic (exact) mass is 412 g/mol. The summed E-state index contributed by atoms with van der Waals surface area (Å²) < 4.78 is 8.96. The van der Waals surface area contributed by atoms with Crippen molar-refractivity contribution in [1.29, 1.82) is 0 Å². The molecule has 3 aromatic carbocycles. The number of rotatable bonds is 4. The number of para-hydroxylation sites is 2. The quantitative estimate of drug-likeness (QED) is 0.412. The molecule has 30 heavy (non-hydrogen) atoms. The van der Waals surface area contributed by atoms with Gasteiger partial charge in [-0.1, -0.05) is 59.9 Å². The van der Waals surface area contributed by atoms with Crippen LogP contribution in [0.5, 0.6) is 5.75 Å². The molecule has 0 aliphatic heterocycles. The van der Waals surface area contributed by atoms with E-state index in [9.17, 15) is 9.90 Å². The Hall–Kier alpha value is -3.70. The molecule has 0 atom stereocenters. The van der Waals surface area contributed by atoms with Crippen LogP contribution in [0.15, 0.2) is 88.3 Å². The van der Waals surface area contributed by atoms with E-state index in [1.165, 1.54) is 22.6 Å². The Balaban J connectivity index is 1.59. The summed E-state index contributed by atoms with van der Waals surface area (Å²) in [6.07, 6.45) is 5.13. The highest BCUT2D eigenvalue weighted by Gasteiger charge is 2.19. The van der Waals surface area contributed by atoms with Gasteiger partial charge in [0.15, 0.2) is 23.3 Å². The van der Waals surface area contributed by atoms with Gasteiger partial charge in [0.05, 0.1) is 10.9 Å². The first-order valence-electron chi connectivity index (χ1n) is 9.57. The fourth-order valence-electron chi connectivity index (χ4n) is 3.54. The summed E-state index contributed by atoms with van der Waals surface area (Å²) in [5, 5.41) is 11.3. The first-order valence-corrected chi connectivity index (χ1v) is 10.4. The molecule has 0 fully saturated rings. The van der Waals surface area contributed by atoms with E-state index in [1.807, 2.05) is 36.4 Å². The van der Waals surface area contributed by atoms with Gasteiger partial charge in [0.1, 0.15) is 11.0 Å². The number of fused-ring (bicyclic) bond motifs is 2. The molecule has 0 saturated heterocycles. The van der Waals surface area contributed by atoms with Gasteiger partial charge >= 0.3 is 0 Å². The lowest BCUT2D eigenvalue weighted by Crippen LogP contribution is -2.35. The number of aromatic hydroxyl groups is 1. The molecule has 0 spiro atoms. The Kier molecular flexibility index (Phi) is 4.65. The maximum absolute atomic E-state index is 12.8. The van der Waals surface area contributed by atoms with Crippen LogP contribution in [0.2, 0.25) is 0 Å². The van der Waals surface area contributed by atoms with E-state index in [-0.39, 0.29) is 16.8 Å². The van der Waals surface area contributed by atoms with Crippen LogP contribution >= 0.6 is 11.3 Å². The first kappa shape index (κ1) is 18.3. The zero-order valence-electron chi connectivity index (χ0n) is 16.0. The van der Waals surface area contributed by atoms with Gasteiger partial charge in [0, 0.05) is 17.7 Å². The maximum atomic E-state index is 12.8. The van der Waals surface area contributed by atoms with E-state index < -0.39 is 0 Å². The highest BCUT2D eigenvalue weighted by atomic mass is 32.1. The third-order valence-corrected chi connectivity index (χ3v) is 6.16. The first-order chi connectivity index (χ1) is 14.7. The summed E-state index contributed by atoms with van der Waals surface area (Å²) in [4.78, 5) is 12.8. The predicted molar refractivity (Wildman–Crippen MR) is 121 cm³/mol. The Morgan fingerprint density at radius 1 is 0.933 bits per heavy atom. The summed E-state index contributed by atoms with van der Waals surface area (Å²) in [6.45, 7) is 0.741. The lowest BCUT2D eigenvalue weighted by Gasteiger charge is -2.00. The summed E-state index contributed by atoms with van der Waals surface area (Å²) in [6, 6.07) is 23.4. The molecule has 146 valence electrons. The number of hydrogen-bond donors (Lipinski definition) is 1. The molecular formula is C25H18NO3S+. The van der Waals surface area contributed by atoms with E-state index in [0.717, 1.165) is 17.1 Å². The van der Waals surface area contributed by atoms with E-state index in [1.54, 1.807) is 29.5 Å². The smallest absolute Gasteiger partial charge is 0.263 e. The largest absolute Gasteiger partial charge is 0.504 e.